The van der Waals surface area contributed by atoms with Crippen molar-refractivity contribution in [3.05, 3.63) is 58.9 Å². The number of nitrogens with zero attached hydrogens (tertiary/aromatic N) is 1. The Kier molecular flexibility index (Phi) is 3.73. The molecule has 0 saturated carbocycles. The van der Waals surface area contributed by atoms with E-state index in [4.69, 9.17) is 11.6 Å². The number of anilines is 1. The van der Waals surface area contributed by atoms with E-state index >= 15 is 0 Å². The van der Waals surface area contributed by atoms with Crippen molar-refractivity contribution in [2.75, 3.05) is 5.32 Å². The van der Waals surface area contributed by atoms with Gasteiger partial charge in [-0.3, -0.25) is 4.79 Å². The number of fused-ring (bicyclic) bond motifs is 1. The number of hydrogen-bond donors (Lipinski definition) is 2. The van der Waals surface area contributed by atoms with Crippen molar-refractivity contribution in [1.82, 2.24) is 9.97 Å². The summed E-state index contributed by atoms with van der Waals surface area (Å²) in [7, 11) is 0. The number of aromatic amines is 1. The van der Waals surface area contributed by atoms with Crippen LogP contribution in [0, 0.1) is 0 Å². The van der Waals surface area contributed by atoms with Gasteiger partial charge in [-0.05, 0) is 36.4 Å². The summed E-state index contributed by atoms with van der Waals surface area (Å²) in [5.41, 5.74) is 0.653. The standard InChI is InChI=1S/C15H9ClF3N3O/c16-11-3-2-9(6-10(11)15(17,18)19)22-14(23)8-1-4-12-13(5-8)21-7-20-12/h1-7H,(H,20,21)(H,22,23). The van der Waals surface area contributed by atoms with Crippen LogP contribution in [0.5, 0.6) is 0 Å². The largest absolute Gasteiger partial charge is 0.417 e. The average Bonchev–Trinajstić information content (AvgIpc) is 2.95. The van der Waals surface area contributed by atoms with Gasteiger partial charge in [-0.2, -0.15) is 13.2 Å². The highest BCUT2D eigenvalue weighted by molar-refractivity contribution is 6.31. The second-order valence-corrected chi connectivity index (χ2v) is 5.19. The molecular weight excluding hydrogens is 331 g/mol. The van der Waals surface area contributed by atoms with Crippen molar-refractivity contribution < 1.29 is 18.0 Å². The van der Waals surface area contributed by atoms with Crippen LogP contribution in [0.4, 0.5) is 18.9 Å². The summed E-state index contributed by atoms with van der Waals surface area (Å²) < 4.78 is 38.5. The number of rotatable bonds is 2. The smallest absolute Gasteiger partial charge is 0.345 e. The first-order valence-electron chi connectivity index (χ1n) is 6.46. The van der Waals surface area contributed by atoms with Crippen molar-refractivity contribution in [2.24, 2.45) is 0 Å². The number of carbonyl (C=O) groups excluding carboxylic acids is 1. The lowest BCUT2D eigenvalue weighted by Gasteiger charge is -2.11. The molecule has 118 valence electrons. The Hall–Kier alpha value is -2.54. The van der Waals surface area contributed by atoms with Crippen LogP contribution in [-0.4, -0.2) is 15.9 Å². The molecule has 0 saturated heterocycles. The number of hydrogen-bond acceptors (Lipinski definition) is 2. The third kappa shape index (κ3) is 3.14. The summed E-state index contributed by atoms with van der Waals surface area (Å²) >= 11 is 5.54. The van der Waals surface area contributed by atoms with Crippen molar-refractivity contribution in [3.63, 3.8) is 0 Å². The molecule has 0 spiro atoms. The number of benzene rings is 2. The molecule has 2 N–H and O–H groups in total. The van der Waals surface area contributed by atoms with Crippen LogP contribution < -0.4 is 5.32 Å². The minimum atomic E-state index is -4.59. The van der Waals surface area contributed by atoms with Gasteiger partial charge in [-0.1, -0.05) is 11.6 Å². The van der Waals surface area contributed by atoms with Crippen LogP contribution in [-0.2, 0) is 6.18 Å². The maximum atomic E-state index is 12.8. The maximum Gasteiger partial charge on any atom is 0.417 e. The highest BCUT2D eigenvalue weighted by Gasteiger charge is 2.33. The first-order chi connectivity index (χ1) is 10.8. The van der Waals surface area contributed by atoms with E-state index in [2.05, 4.69) is 15.3 Å². The van der Waals surface area contributed by atoms with Crippen molar-refractivity contribution in [1.29, 1.82) is 0 Å². The SMILES string of the molecule is O=C(Nc1ccc(Cl)c(C(F)(F)F)c1)c1ccc2nc[nH]c2c1. The van der Waals surface area contributed by atoms with Crippen molar-refractivity contribution in [2.45, 2.75) is 6.18 Å². The quantitative estimate of drug-likeness (QED) is 0.723. The minimum absolute atomic E-state index is 0.0106. The van der Waals surface area contributed by atoms with Crippen molar-refractivity contribution in [3.8, 4) is 0 Å². The van der Waals surface area contributed by atoms with E-state index in [1.807, 2.05) is 0 Å². The summed E-state index contributed by atoms with van der Waals surface area (Å²) in [5.74, 6) is -0.531. The number of carbonyl (C=O) groups is 1. The van der Waals surface area contributed by atoms with Crippen LogP contribution in [0.25, 0.3) is 11.0 Å². The number of alkyl halides is 3. The number of amides is 1. The third-order valence-corrected chi connectivity index (χ3v) is 3.54. The zero-order valence-corrected chi connectivity index (χ0v) is 12.2. The summed E-state index contributed by atoms with van der Waals surface area (Å²) in [6, 6.07) is 7.96. The second kappa shape index (κ2) is 5.58. The van der Waals surface area contributed by atoms with E-state index in [0.717, 1.165) is 12.1 Å². The summed E-state index contributed by atoms with van der Waals surface area (Å²) in [6.45, 7) is 0. The number of imidazole rings is 1. The Bertz CT molecular complexity index is 889. The average molecular weight is 340 g/mol. The van der Waals surface area contributed by atoms with E-state index in [1.165, 1.54) is 12.4 Å². The Morgan fingerprint density at radius 2 is 1.96 bits per heavy atom. The summed E-state index contributed by atoms with van der Waals surface area (Å²) in [6.07, 6.45) is -3.10. The maximum absolute atomic E-state index is 12.8. The topological polar surface area (TPSA) is 57.8 Å². The van der Waals surface area contributed by atoms with Gasteiger partial charge in [-0.15, -0.1) is 0 Å². The zero-order valence-electron chi connectivity index (χ0n) is 11.4. The number of halogens is 4. The molecule has 0 aliphatic rings. The first kappa shape index (κ1) is 15.4. The van der Waals surface area contributed by atoms with Gasteiger partial charge in [0.2, 0.25) is 0 Å². The molecule has 23 heavy (non-hydrogen) atoms. The van der Waals surface area contributed by atoms with Gasteiger partial charge >= 0.3 is 6.18 Å². The molecule has 3 rings (SSSR count). The molecule has 0 fully saturated rings. The molecule has 0 unspecified atom stereocenters. The minimum Gasteiger partial charge on any atom is -0.345 e. The lowest BCUT2D eigenvalue weighted by Crippen LogP contribution is -2.13. The van der Waals surface area contributed by atoms with Crippen LogP contribution in [0.2, 0.25) is 5.02 Å². The van der Waals surface area contributed by atoms with Gasteiger partial charge in [-0.25, -0.2) is 4.98 Å². The molecular formula is C15H9ClF3N3O. The first-order valence-corrected chi connectivity index (χ1v) is 6.83. The van der Waals surface area contributed by atoms with Gasteiger partial charge in [0.05, 0.1) is 27.9 Å². The monoisotopic (exact) mass is 339 g/mol. The van der Waals surface area contributed by atoms with Gasteiger partial charge in [0.1, 0.15) is 0 Å². The number of aromatic nitrogens is 2. The number of nitrogens with one attached hydrogen (secondary N) is 2. The van der Waals surface area contributed by atoms with Gasteiger partial charge < -0.3 is 10.3 Å². The van der Waals surface area contributed by atoms with E-state index in [0.29, 0.717) is 16.6 Å². The highest BCUT2D eigenvalue weighted by Crippen LogP contribution is 2.36. The molecule has 3 aromatic rings. The normalized spacial score (nSPS) is 11.7. The van der Waals surface area contributed by atoms with Crippen molar-refractivity contribution >= 4 is 34.2 Å². The lowest BCUT2D eigenvalue weighted by atomic mass is 10.1. The van der Waals surface area contributed by atoms with E-state index in [-0.39, 0.29) is 5.69 Å². The molecule has 0 radical (unpaired) electrons. The molecule has 0 atom stereocenters. The Labute approximate surface area is 133 Å². The van der Waals surface area contributed by atoms with E-state index in [9.17, 15) is 18.0 Å². The van der Waals surface area contributed by atoms with Gasteiger partial charge in [0.15, 0.2) is 0 Å². The molecule has 8 heteroatoms. The van der Waals surface area contributed by atoms with Crippen LogP contribution in [0.15, 0.2) is 42.7 Å². The Morgan fingerprint density at radius 1 is 1.17 bits per heavy atom. The fraction of sp³-hybridized carbons (Fsp3) is 0.0667. The Balaban J connectivity index is 1.87. The van der Waals surface area contributed by atoms with Gasteiger partial charge in [0.25, 0.3) is 5.91 Å². The number of H-pyrrole nitrogens is 1. The van der Waals surface area contributed by atoms with E-state index < -0.39 is 22.7 Å². The molecule has 4 nitrogen and oxygen atoms in total. The summed E-state index contributed by atoms with van der Waals surface area (Å²) in [5, 5.41) is 2.00. The zero-order chi connectivity index (χ0) is 16.6. The molecule has 0 aliphatic heterocycles. The molecule has 1 amide bonds. The van der Waals surface area contributed by atoms with E-state index in [1.54, 1.807) is 18.2 Å². The predicted octanol–water partition coefficient (Wildman–Crippen LogP) is 4.49. The molecule has 0 aliphatic carbocycles. The third-order valence-electron chi connectivity index (χ3n) is 3.21. The lowest BCUT2D eigenvalue weighted by molar-refractivity contribution is -0.137. The predicted molar refractivity (Wildman–Crippen MR) is 80.5 cm³/mol. The molecule has 1 aromatic heterocycles. The fourth-order valence-electron chi connectivity index (χ4n) is 2.10. The molecule has 1 heterocycles. The highest BCUT2D eigenvalue weighted by atomic mass is 35.5. The Morgan fingerprint density at radius 3 is 2.70 bits per heavy atom. The second-order valence-electron chi connectivity index (χ2n) is 4.78. The van der Waals surface area contributed by atoms with Crippen LogP contribution in [0.1, 0.15) is 15.9 Å². The molecule has 2 aromatic carbocycles. The summed E-state index contributed by atoms with van der Waals surface area (Å²) in [4.78, 5) is 19.0. The van der Waals surface area contributed by atoms with Crippen LogP contribution >= 0.6 is 11.6 Å². The molecule has 0 bridgehead atoms. The fourth-order valence-corrected chi connectivity index (χ4v) is 2.33. The van der Waals surface area contributed by atoms with Gasteiger partial charge in [0, 0.05) is 11.3 Å². The van der Waals surface area contributed by atoms with Crippen LogP contribution in [0.3, 0.4) is 0 Å².